The van der Waals surface area contributed by atoms with E-state index in [-0.39, 0.29) is 0 Å². The van der Waals surface area contributed by atoms with Crippen molar-refractivity contribution < 1.29 is 9.47 Å². The van der Waals surface area contributed by atoms with E-state index < -0.39 is 0 Å². The van der Waals surface area contributed by atoms with Crippen LogP contribution in [0.15, 0.2) is 11.3 Å². The summed E-state index contributed by atoms with van der Waals surface area (Å²) in [6.45, 7) is 0. The Labute approximate surface area is 98.0 Å². The van der Waals surface area contributed by atoms with E-state index in [2.05, 4.69) is 0 Å². The second kappa shape index (κ2) is 4.40. The quantitative estimate of drug-likeness (QED) is 0.677. The molecule has 1 fully saturated rings. The molecule has 0 aromatic rings. The van der Waals surface area contributed by atoms with Crippen molar-refractivity contribution in [2.24, 2.45) is 5.92 Å². The minimum atomic E-state index is 0.342. The lowest BCUT2D eigenvalue weighted by molar-refractivity contribution is -0.0938. The molecular formula is C14H22O2. The van der Waals surface area contributed by atoms with Gasteiger partial charge in [-0.3, -0.25) is 0 Å². The molecule has 0 unspecified atom stereocenters. The number of ether oxygens (including phenoxy) is 2. The van der Waals surface area contributed by atoms with Crippen molar-refractivity contribution in [3.63, 3.8) is 0 Å². The predicted molar refractivity (Wildman–Crippen MR) is 63.1 cm³/mol. The molecular weight excluding hydrogens is 200 g/mol. The highest BCUT2D eigenvalue weighted by atomic mass is 16.5. The molecule has 0 bridgehead atoms. The predicted octanol–water partition coefficient (Wildman–Crippen LogP) is 3.42. The van der Waals surface area contributed by atoms with Crippen molar-refractivity contribution in [3.8, 4) is 0 Å². The largest absolute Gasteiger partial charge is 0.492 e. The Kier molecular flexibility index (Phi) is 2.93. The first-order chi connectivity index (χ1) is 7.88. The second-order valence-corrected chi connectivity index (χ2v) is 5.49. The van der Waals surface area contributed by atoms with Crippen LogP contribution in [0.3, 0.4) is 0 Å². The number of hydrogen-bond acceptors (Lipinski definition) is 2. The average Bonchev–Trinajstić information content (AvgIpc) is 2.35. The smallest absolute Gasteiger partial charge is 0.127 e. The molecule has 1 heterocycles. The van der Waals surface area contributed by atoms with Gasteiger partial charge in [-0.25, -0.2) is 0 Å². The second-order valence-electron chi connectivity index (χ2n) is 5.49. The molecule has 0 saturated heterocycles. The molecule has 2 nitrogen and oxygen atoms in total. The van der Waals surface area contributed by atoms with Crippen LogP contribution >= 0.6 is 0 Å². The van der Waals surface area contributed by atoms with Crippen LogP contribution in [0.25, 0.3) is 0 Å². The van der Waals surface area contributed by atoms with E-state index in [0.29, 0.717) is 12.2 Å². The molecule has 3 aliphatic rings. The van der Waals surface area contributed by atoms with Crippen molar-refractivity contribution in [2.45, 2.75) is 63.6 Å². The topological polar surface area (TPSA) is 18.5 Å². The molecule has 2 heteroatoms. The molecule has 0 aromatic heterocycles. The molecule has 0 radical (unpaired) electrons. The van der Waals surface area contributed by atoms with Crippen LogP contribution in [0, 0.1) is 5.92 Å². The highest BCUT2D eigenvalue weighted by Crippen LogP contribution is 2.43. The minimum absolute atomic E-state index is 0.342. The SMILES string of the molecule is CO[C@@H]1CCC[C@H]2CC3=C(CCCC3)O[C@@H]21. The average molecular weight is 222 g/mol. The van der Waals surface area contributed by atoms with Gasteiger partial charge in [-0.2, -0.15) is 0 Å². The number of methoxy groups -OCH3 is 1. The van der Waals surface area contributed by atoms with E-state index in [4.69, 9.17) is 9.47 Å². The Morgan fingerprint density at radius 2 is 2.00 bits per heavy atom. The van der Waals surface area contributed by atoms with Gasteiger partial charge >= 0.3 is 0 Å². The molecule has 0 aromatic carbocycles. The first kappa shape index (κ1) is 10.6. The zero-order valence-electron chi connectivity index (χ0n) is 10.2. The van der Waals surface area contributed by atoms with Crippen LogP contribution < -0.4 is 0 Å². The van der Waals surface area contributed by atoms with Crippen LogP contribution in [-0.4, -0.2) is 19.3 Å². The molecule has 3 rings (SSSR count). The normalized spacial score (nSPS) is 38.7. The van der Waals surface area contributed by atoms with Crippen molar-refractivity contribution in [2.75, 3.05) is 7.11 Å². The molecule has 2 aliphatic carbocycles. The van der Waals surface area contributed by atoms with E-state index in [9.17, 15) is 0 Å². The molecule has 0 amide bonds. The third kappa shape index (κ3) is 1.77. The van der Waals surface area contributed by atoms with Crippen LogP contribution in [-0.2, 0) is 9.47 Å². The van der Waals surface area contributed by atoms with Gasteiger partial charge < -0.3 is 9.47 Å². The first-order valence-corrected chi connectivity index (χ1v) is 6.79. The highest BCUT2D eigenvalue weighted by Gasteiger charge is 2.39. The van der Waals surface area contributed by atoms with Crippen LogP contribution in [0.4, 0.5) is 0 Å². The standard InChI is InChI=1S/C14H22O2/c1-15-13-8-4-6-11-9-10-5-2-3-7-12(10)16-14(11)13/h11,13-14H,2-9H2,1H3/t11-,13+,14-/m0/s1. The Bertz CT molecular complexity index is 295. The van der Waals surface area contributed by atoms with Gasteiger partial charge in [0.2, 0.25) is 0 Å². The Balaban J connectivity index is 1.80. The zero-order chi connectivity index (χ0) is 11.0. The molecule has 90 valence electrons. The van der Waals surface area contributed by atoms with Gasteiger partial charge in [-0.1, -0.05) is 6.42 Å². The Morgan fingerprint density at radius 3 is 2.88 bits per heavy atom. The maximum atomic E-state index is 6.25. The summed E-state index contributed by atoms with van der Waals surface area (Å²) in [5.41, 5.74) is 1.63. The van der Waals surface area contributed by atoms with Crippen molar-refractivity contribution in [3.05, 3.63) is 11.3 Å². The van der Waals surface area contributed by atoms with Gasteiger partial charge in [-0.05, 0) is 44.1 Å². The third-order valence-electron chi connectivity index (χ3n) is 4.51. The van der Waals surface area contributed by atoms with E-state index in [1.165, 1.54) is 57.1 Å². The van der Waals surface area contributed by atoms with E-state index >= 15 is 0 Å². The lowest BCUT2D eigenvalue weighted by Gasteiger charge is -2.43. The summed E-state index contributed by atoms with van der Waals surface area (Å²) in [5.74, 6) is 2.06. The van der Waals surface area contributed by atoms with Gasteiger partial charge in [0, 0.05) is 19.4 Å². The summed E-state index contributed by atoms with van der Waals surface area (Å²) in [5, 5.41) is 0. The van der Waals surface area contributed by atoms with Gasteiger partial charge in [0.25, 0.3) is 0 Å². The van der Waals surface area contributed by atoms with Crippen LogP contribution in [0.5, 0.6) is 0 Å². The fourth-order valence-corrected chi connectivity index (χ4v) is 3.63. The van der Waals surface area contributed by atoms with Crippen LogP contribution in [0.2, 0.25) is 0 Å². The zero-order valence-corrected chi connectivity index (χ0v) is 10.2. The fourth-order valence-electron chi connectivity index (χ4n) is 3.63. The lowest BCUT2D eigenvalue weighted by atomic mass is 9.76. The first-order valence-electron chi connectivity index (χ1n) is 6.79. The van der Waals surface area contributed by atoms with E-state index in [1.54, 1.807) is 5.57 Å². The van der Waals surface area contributed by atoms with E-state index in [0.717, 1.165) is 5.92 Å². The maximum Gasteiger partial charge on any atom is 0.127 e. The van der Waals surface area contributed by atoms with Crippen molar-refractivity contribution in [1.29, 1.82) is 0 Å². The Hall–Kier alpha value is -0.500. The number of rotatable bonds is 1. The fraction of sp³-hybridized carbons (Fsp3) is 0.857. The van der Waals surface area contributed by atoms with Gasteiger partial charge in [0.15, 0.2) is 0 Å². The number of fused-ring (bicyclic) bond motifs is 1. The lowest BCUT2D eigenvalue weighted by Crippen LogP contribution is -2.43. The monoisotopic (exact) mass is 222 g/mol. The minimum Gasteiger partial charge on any atom is -0.492 e. The maximum absolute atomic E-state index is 6.25. The van der Waals surface area contributed by atoms with Crippen molar-refractivity contribution in [1.82, 2.24) is 0 Å². The van der Waals surface area contributed by atoms with E-state index in [1.807, 2.05) is 7.11 Å². The summed E-state index contributed by atoms with van der Waals surface area (Å²) in [4.78, 5) is 0. The molecule has 0 spiro atoms. The number of allylic oxidation sites excluding steroid dienone is 2. The summed E-state index contributed by atoms with van der Waals surface area (Å²) in [6.07, 6.45) is 11.0. The third-order valence-corrected chi connectivity index (χ3v) is 4.51. The molecule has 3 atom stereocenters. The number of hydrogen-bond donors (Lipinski definition) is 0. The molecule has 16 heavy (non-hydrogen) atoms. The molecule has 1 aliphatic heterocycles. The van der Waals surface area contributed by atoms with Crippen molar-refractivity contribution >= 4 is 0 Å². The van der Waals surface area contributed by atoms with Gasteiger partial charge in [0.05, 0.1) is 11.9 Å². The summed E-state index contributed by atoms with van der Waals surface area (Å²) >= 11 is 0. The molecule has 1 saturated carbocycles. The summed E-state index contributed by atoms with van der Waals surface area (Å²) in [7, 11) is 1.83. The van der Waals surface area contributed by atoms with Gasteiger partial charge in [0.1, 0.15) is 6.10 Å². The Morgan fingerprint density at radius 1 is 1.12 bits per heavy atom. The highest BCUT2D eigenvalue weighted by molar-refractivity contribution is 5.17. The summed E-state index contributed by atoms with van der Waals surface area (Å²) in [6, 6.07) is 0. The van der Waals surface area contributed by atoms with Gasteiger partial charge in [-0.15, -0.1) is 0 Å². The molecule has 0 N–H and O–H groups in total. The van der Waals surface area contributed by atoms with Crippen LogP contribution in [0.1, 0.15) is 51.4 Å². The summed E-state index contributed by atoms with van der Waals surface area (Å²) < 4.78 is 11.8.